The number of aliphatic carboxylic acids is 1. The van der Waals surface area contributed by atoms with Crippen molar-refractivity contribution < 1.29 is 19.4 Å². The van der Waals surface area contributed by atoms with Gasteiger partial charge in [0.2, 0.25) is 5.91 Å². The smallest absolute Gasteiger partial charge is 0.310 e. The van der Waals surface area contributed by atoms with Gasteiger partial charge in [0.1, 0.15) is 5.75 Å². The van der Waals surface area contributed by atoms with Gasteiger partial charge in [-0.2, -0.15) is 0 Å². The minimum absolute atomic E-state index is 0.0126. The van der Waals surface area contributed by atoms with Crippen LogP contribution in [0.4, 0.5) is 0 Å². The number of ether oxygens (including phenoxy) is 1. The maximum Gasteiger partial charge on any atom is 0.310 e. The van der Waals surface area contributed by atoms with Gasteiger partial charge in [0.15, 0.2) is 0 Å². The van der Waals surface area contributed by atoms with Gasteiger partial charge in [0, 0.05) is 18.0 Å². The van der Waals surface area contributed by atoms with E-state index >= 15 is 0 Å². The van der Waals surface area contributed by atoms with E-state index in [1.165, 1.54) is 11.8 Å². The summed E-state index contributed by atoms with van der Waals surface area (Å²) in [5, 5.41) is 8.76. The van der Waals surface area contributed by atoms with Gasteiger partial charge < -0.3 is 14.7 Å². The van der Waals surface area contributed by atoms with Crippen LogP contribution in [-0.2, 0) is 9.59 Å². The van der Waals surface area contributed by atoms with Crippen LogP contribution in [0.5, 0.6) is 5.75 Å². The number of likely N-dealkylation sites (tertiary alicyclic amines) is 1. The Labute approximate surface area is 121 Å². The third kappa shape index (κ3) is 3.66. The molecule has 0 bridgehead atoms. The lowest BCUT2D eigenvalue weighted by Gasteiger charge is -2.36. The summed E-state index contributed by atoms with van der Waals surface area (Å²) >= 11 is 1.45. The summed E-state index contributed by atoms with van der Waals surface area (Å²) in [7, 11) is 0. The molecular weight excluding hydrogens is 278 g/mol. The summed E-state index contributed by atoms with van der Waals surface area (Å²) in [6, 6.07) is 7.58. The average Bonchev–Trinajstić information content (AvgIpc) is 2.36. The molecule has 0 atom stereocenters. The molecule has 0 aromatic heterocycles. The molecule has 1 saturated heterocycles. The summed E-state index contributed by atoms with van der Waals surface area (Å²) < 4.78 is 5.35. The molecule has 1 aromatic carbocycles. The van der Waals surface area contributed by atoms with E-state index in [1.807, 2.05) is 31.2 Å². The Morgan fingerprint density at radius 1 is 1.35 bits per heavy atom. The van der Waals surface area contributed by atoms with Crippen molar-refractivity contribution in [2.24, 2.45) is 5.92 Å². The van der Waals surface area contributed by atoms with Gasteiger partial charge in [-0.25, -0.2) is 0 Å². The number of carboxylic acids is 1. The highest BCUT2D eigenvalue weighted by molar-refractivity contribution is 8.00. The summed E-state index contributed by atoms with van der Waals surface area (Å²) in [4.78, 5) is 25.1. The lowest BCUT2D eigenvalue weighted by molar-refractivity contribution is -0.151. The molecule has 108 valence electrons. The Kier molecular flexibility index (Phi) is 4.89. The van der Waals surface area contributed by atoms with Crippen LogP contribution in [0.15, 0.2) is 29.2 Å². The lowest BCUT2D eigenvalue weighted by atomic mass is 10.0. The fourth-order valence-corrected chi connectivity index (χ4v) is 2.67. The molecule has 0 saturated carbocycles. The number of hydrogen-bond donors (Lipinski definition) is 1. The number of hydrogen-bond acceptors (Lipinski definition) is 4. The molecule has 1 aromatic rings. The van der Waals surface area contributed by atoms with E-state index < -0.39 is 11.9 Å². The maximum atomic E-state index is 11.8. The van der Waals surface area contributed by atoms with Gasteiger partial charge in [-0.3, -0.25) is 9.59 Å². The first-order chi connectivity index (χ1) is 9.60. The Morgan fingerprint density at radius 3 is 2.55 bits per heavy atom. The van der Waals surface area contributed by atoms with Crippen molar-refractivity contribution in [1.82, 2.24) is 4.90 Å². The summed E-state index contributed by atoms with van der Waals surface area (Å²) in [6.45, 7) is 3.22. The van der Waals surface area contributed by atoms with Crippen LogP contribution in [0, 0.1) is 5.92 Å². The van der Waals surface area contributed by atoms with Gasteiger partial charge in [-0.1, -0.05) is 0 Å². The van der Waals surface area contributed by atoms with Crippen molar-refractivity contribution >= 4 is 23.6 Å². The molecule has 1 N–H and O–H groups in total. The molecule has 0 unspecified atom stereocenters. The van der Waals surface area contributed by atoms with Crippen LogP contribution in [0.3, 0.4) is 0 Å². The van der Waals surface area contributed by atoms with Crippen molar-refractivity contribution in [3.8, 4) is 5.75 Å². The molecule has 0 aliphatic carbocycles. The third-order valence-corrected chi connectivity index (χ3v) is 4.08. The molecular formula is C14H17NO4S. The van der Waals surface area contributed by atoms with Crippen LogP contribution >= 0.6 is 11.8 Å². The average molecular weight is 295 g/mol. The maximum absolute atomic E-state index is 11.8. The van der Waals surface area contributed by atoms with Gasteiger partial charge in [-0.05, 0) is 31.2 Å². The van der Waals surface area contributed by atoms with Gasteiger partial charge in [0.25, 0.3) is 0 Å². The molecule has 1 amide bonds. The summed E-state index contributed by atoms with van der Waals surface area (Å²) in [6.07, 6.45) is 0. The second-order valence-electron chi connectivity index (χ2n) is 4.53. The normalized spacial score (nSPS) is 14.8. The van der Waals surface area contributed by atoms with E-state index in [-0.39, 0.29) is 5.91 Å². The van der Waals surface area contributed by atoms with Crippen molar-refractivity contribution in [3.63, 3.8) is 0 Å². The van der Waals surface area contributed by atoms with Crippen molar-refractivity contribution in [2.75, 3.05) is 25.4 Å². The minimum atomic E-state index is -0.826. The molecule has 0 radical (unpaired) electrons. The predicted molar refractivity (Wildman–Crippen MR) is 76.0 cm³/mol. The number of thioether (sulfide) groups is 1. The quantitative estimate of drug-likeness (QED) is 0.809. The van der Waals surface area contributed by atoms with Crippen LogP contribution in [0.1, 0.15) is 6.92 Å². The fraction of sp³-hybridized carbons (Fsp3) is 0.429. The number of carbonyl (C=O) groups is 2. The predicted octanol–water partition coefficient (Wildman–Crippen LogP) is 1.72. The second-order valence-corrected chi connectivity index (χ2v) is 5.58. The molecule has 1 aliphatic heterocycles. The van der Waals surface area contributed by atoms with Crippen LogP contribution in [0.2, 0.25) is 0 Å². The van der Waals surface area contributed by atoms with Gasteiger partial charge in [0.05, 0.1) is 18.3 Å². The first kappa shape index (κ1) is 14.7. The van der Waals surface area contributed by atoms with Crippen molar-refractivity contribution in [1.29, 1.82) is 0 Å². The SMILES string of the molecule is CCOc1ccc(SCC(=O)N2CC(C(=O)O)C2)cc1. The number of amides is 1. The Balaban J connectivity index is 1.75. The van der Waals surface area contributed by atoms with Crippen LogP contribution < -0.4 is 4.74 Å². The van der Waals surface area contributed by atoms with E-state index in [9.17, 15) is 9.59 Å². The second kappa shape index (κ2) is 6.65. The molecule has 0 spiro atoms. The zero-order valence-electron chi connectivity index (χ0n) is 11.2. The molecule has 20 heavy (non-hydrogen) atoms. The molecule has 2 rings (SSSR count). The highest BCUT2D eigenvalue weighted by Crippen LogP contribution is 2.23. The largest absolute Gasteiger partial charge is 0.494 e. The number of carboxylic acid groups (broad SMARTS) is 1. The lowest BCUT2D eigenvalue weighted by Crippen LogP contribution is -2.53. The Hall–Kier alpha value is -1.69. The molecule has 1 fully saturated rings. The Bertz CT molecular complexity index is 482. The zero-order valence-corrected chi connectivity index (χ0v) is 12.1. The van der Waals surface area contributed by atoms with E-state index in [4.69, 9.17) is 9.84 Å². The number of rotatable bonds is 6. The molecule has 5 nitrogen and oxygen atoms in total. The molecule has 6 heteroatoms. The first-order valence-electron chi connectivity index (χ1n) is 6.46. The van der Waals surface area contributed by atoms with E-state index in [0.29, 0.717) is 25.4 Å². The van der Waals surface area contributed by atoms with E-state index in [1.54, 1.807) is 4.90 Å². The summed E-state index contributed by atoms with van der Waals surface area (Å²) in [5.41, 5.74) is 0. The topological polar surface area (TPSA) is 66.8 Å². The standard InChI is InChI=1S/C14H17NO4S/c1-2-19-11-3-5-12(6-4-11)20-9-13(16)15-7-10(8-15)14(17)18/h3-6,10H,2,7-9H2,1H3,(H,17,18). The highest BCUT2D eigenvalue weighted by atomic mass is 32.2. The van der Waals surface area contributed by atoms with E-state index in [2.05, 4.69) is 0 Å². The number of carbonyl (C=O) groups excluding carboxylic acids is 1. The third-order valence-electron chi connectivity index (χ3n) is 3.08. The number of benzene rings is 1. The summed E-state index contributed by atoms with van der Waals surface area (Å²) in [5.74, 6) is -0.0837. The van der Waals surface area contributed by atoms with E-state index in [0.717, 1.165) is 10.6 Å². The number of nitrogens with zero attached hydrogens (tertiary/aromatic N) is 1. The minimum Gasteiger partial charge on any atom is -0.494 e. The van der Waals surface area contributed by atoms with Crippen LogP contribution in [-0.4, -0.2) is 47.3 Å². The Morgan fingerprint density at radius 2 is 2.00 bits per heavy atom. The van der Waals surface area contributed by atoms with Gasteiger partial charge in [-0.15, -0.1) is 11.8 Å². The van der Waals surface area contributed by atoms with Gasteiger partial charge >= 0.3 is 5.97 Å². The zero-order chi connectivity index (χ0) is 14.5. The molecule has 1 aliphatic rings. The first-order valence-corrected chi connectivity index (χ1v) is 7.45. The van der Waals surface area contributed by atoms with Crippen molar-refractivity contribution in [2.45, 2.75) is 11.8 Å². The van der Waals surface area contributed by atoms with Crippen LogP contribution in [0.25, 0.3) is 0 Å². The molecule has 1 heterocycles. The monoisotopic (exact) mass is 295 g/mol. The fourth-order valence-electron chi connectivity index (χ4n) is 1.87. The van der Waals surface area contributed by atoms with Crippen molar-refractivity contribution in [3.05, 3.63) is 24.3 Å². The highest BCUT2D eigenvalue weighted by Gasteiger charge is 2.35.